The second-order valence-electron chi connectivity index (χ2n) is 11.2. The third kappa shape index (κ3) is 3.51. The zero-order valence-electron chi connectivity index (χ0n) is 52.1. The number of imidazole rings is 4. The first-order valence-electron chi connectivity index (χ1n) is 28.5. The van der Waals surface area contributed by atoms with E-state index in [1.54, 1.807) is 0 Å². The van der Waals surface area contributed by atoms with Gasteiger partial charge in [-0.05, 0) is 84.6 Å². The standard InChI is InChI=1S/C44H27N7/c1-5-18-35-31(14-1)32-15-2-6-19-36(32)47(35)28-12-11-13-29(26-28)48-41-25-24-30(27-42(41)51-38-21-8-4-17-34(38)46-44(48)51)49-39-22-9-10-23-40(39)50-37-20-7-3-16-33(37)45-43(49)50/h1-27H/i1D,2D,3D,4D,5D,6D,7D,8D,9D,10D,11D,12D,13D,14D,15D,16D,17D,18D,19D,20D,21D,22D,23D,24D,25D,26D,27D. The fourth-order valence-corrected chi connectivity index (χ4v) is 6.56. The minimum atomic E-state index is -1.04. The predicted octanol–water partition coefficient (Wildman–Crippen LogP) is 10.3. The van der Waals surface area contributed by atoms with E-state index in [1.165, 1.54) is 0 Å². The van der Waals surface area contributed by atoms with Crippen LogP contribution in [0.1, 0.15) is 37.0 Å². The van der Waals surface area contributed by atoms with Gasteiger partial charge >= 0.3 is 0 Å². The number of fused-ring (bicyclic) bond motifs is 13. The summed E-state index contributed by atoms with van der Waals surface area (Å²) in [6.07, 6.45) is 0. The summed E-state index contributed by atoms with van der Waals surface area (Å²) in [5, 5.41) is -0.944. The largest absolute Gasteiger partial charge is 0.309 e. The summed E-state index contributed by atoms with van der Waals surface area (Å²) in [5.74, 6) is -1.13. The molecule has 0 saturated heterocycles. The van der Waals surface area contributed by atoms with Gasteiger partial charge in [0.1, 0.15) is 0 Å². The van der Waals surface area contributed by atoms with E-state index >= 15 is 0 Å². The summed E-state index contributed by atoms with van der Waals surface area (Å²) in [5.41, 5.74) is -7.52. The molecule has 0 aliphatic heterocycles. The summed E-state index contributed by atoms with van der Waals surface area (Å²) in [6.45, 7) is 0. The van der Waals surface area contributed by atoms with Gasteiger partial charge in [-0.2, -0.15) is 0 Å². The average molecular weight is 681 g/mol. The molecule has 51 heavy (non-hydrogen) atoms. The van der Waals surface area contributed by atoms with Gasteiger partial charge in [0.25, 0.3) is 0 Å². The van der Waals surface area contributed by atoms with Crippen LogP contribution in [0.25, 0.3) is 94.6 Å². The van der Waals surface area contributed by atoms with Gasteiger partial charge in [-0.15, -0.1) is 0 Å². The summed E-state index contributed by atoms with van der Waals surface area (Å²) >= 11 is 0. The number of hydrogen-bond donors (Lipinski definition) is 0. The molecule has 0 aliphatic rings. The molecule has 0 spiro atoms. The molecule has 0 fully saturated rings. The molecule has 0 saturated carbocycles. The fraction of sp³-hybridized carbons (Fsp3) is 0. The van der Waals surface area contributed by atoms with Gasteiger partial charge in [0, 0.05) is 16.5 Å². The zero-order valence-corrected chi connectivity index (χ0v) is 25.1. The lowest BCUT2D eigenvalue weighted by atomic mass is 10.2. The van der Waals surface area contributed by atoms with Gasteiger partial charge in [0.05, 0.1) is 104 Å². The van der Waals surface area contributed by atoms with Gasteiger partial charge in [0.2, 0.25) is 11.6 Å². The Kier molecular flexibility index (Phi) is 2.30. The van der Waals surface area contributed by atoms with Crippen molar-refractivity contribution in [3.05, 3.63) is 163 Å². The van der Waals surface area contributed by atoms with Crippen molar-refractivity contribution in [3.63, 3.8) is 0 Å². The SMILES string of the molecule is [2H]c1c([2H])c(-n2c3c([2H])c([2H])c([2H])c([2H])c3c3c([2H])c([2H])c([2H])c([2H])c32)c([2H])c(-n2c3c([2H])c([2H])c(-n4c5c([2H])c([2H])c([2H])c([2H])c5n5c6c([2H])c([2H])c([2H])c([2H])c6nc45)c([2H])c3n3c4c([2H])c([2H])c([2H])c([2H])c4nc23)c1[2H]. The Hall–Kier alpha value is -7.12. The van der Waals surface area contributed by atoms with Crippen molar-refractivity contribution >= 4 is 77.5 Å². The normalized spacial score (nSPS) is 19.7. The number of benzene rings is 7. The minimum absolute atomic E-state index is 0.375. The minimum Gasteiger partial charge on any atom is -0.309 e. The summed E-state index contributed by atoms with van der Waals surface area (Å²) in [7, 11) is 0. The van der Waals surface area contributed by atoms with Crippen LogP contribution in [0.5, 0.6) is 0 Å². The van der Waals surface area contributed by atoms with Crippen LogP contribution in [0, 0.1) is 0 Å². The van der Waals surface area contributed by atoms with E-state index in [0.29, 0.717) is 0 Å². The third-order valence-corrected chi connectivity index (χ3v) is 8.57. The topological polar surface area (TPSA) is 49.4 Å². The molecule has 12 rings (SSSR count). The van der Waals surface area contributed by atoms with Crippen LogP contribution in [-0.2, 0) is 0 Å². The van der Waals surface area contributed by atoms with Crippen molar-refractivity contribution in [2.45, 2.75) is 0 Å². The second kappa shape index (κ2) is 9.74. The molecule has 12 aromatic rings. The maximum atomic E-state index is 10.1. The first kappa shape index (κ1) is 12.0. The zero-order chi connectivity index (χ0) is 56.7. The maximum absolute atomic E-state index is 10.1. The molecular weight excluding hydrogens is 627 g/mol. The first-order valence-corrected chi connectivity index (χ1v) is 15.0. The van der Waals surface area contributed by atoms with E-state index in [-0.39, 0.29) is 5.52 Å². The Bertz CT molecular complexity index is 4870. The van der Waals surface area contributed by atoms with Crippen LogP contribution >= 0.6 is 0 Å². The van der Waals surface area contributed by atoms with Crippen molar-refractivity contribution in [3.8, 4) is 17.1 Å². The molecule has 0 aliphatic carbocycles. The van der Waals surface area contributed by atoms with Gasteiger partial charge in [0.15, 0.2) is 0 Å². The Labute approximate surface area is 328 Å². The second-order valence-corrected chi connectivity index (χ2v) is 11.2. The van der Waals surface area contributed by atoms with E-state index in [1.807, 2.05) is 0 Å². The highest BCUT2D eigenvalue weighted by molar-refractivity contribution is 6.09. The molecule has 0 N–H and O–H groups in total. The van der Waals surface area contributed by atoms with Crippen molar-refractivity contribution in [1.29, 1.82) is 0 Å². The first-order chi connectivity index (χ1) is 36.6. The smallest absolute Gasteiger partial charge is 0.220 e. The number of para-hydroxylation sites is 8. The monoisotopic (exact) mass is 680 g/mol. The fourth-order valence-electron chi connectivity index (χ4n) is 6.56. The molecule has 0 amide bonds. The Balaban J connectivity index is 1.33. The van der Waals surface area contributed by atoms with Gasteiger partial charge in [-0.3, -0.25) is 17.9 Å². The highest BCUT2D eigenvalue weighted by atomic mass is 15.2. The van der Waals surface area contributed by atoms with Crippen LogP contribution in [0.2, 0.25) is 0 Å². The lowest BCUT2D eigenvalue weighted by Crippen LogP contribution is -1.99. The molecule has 7 aromatic carbocycles. The molecule has 0 unspecified atom stereocenters. The van der Waals surface area contributed by atoms with Crippen LogP contribution < -0.4 is 0 Å². The van der Waals surface area contributed by atoms with E-state index in [2.05, 4.69) is 9.97 Å². The summed E-state index contributed by atoms with van der Waals surface area (Å²) in [6, 6.07) is -22.7. The molecule has 0 atom stereocenters. The van der Waals surface area contributed by atoms with E-state index in [9.17, 15) is 11.0 Å². The van der Waals surface area contributed by atoms with Gasteiger partial charge in [-0.1, -0.05) is 78.6 Å². The molecule has 5 heterocycles. The highest BCUT2D eigenvalue weighted by Crippen LogP contribution is 2.36. The predicted molar refractivity (Wildman–Crippen MR) is 207 cm³/mol. The van der Waals surface area contributed by atoms with Crippen molar-refractivity contribution in [2.24, 2.45) is 0 Å². The number of rotatable bonds is 3. The van der Waals surface area contributed by atoms with E-state index in [0.717, 1.165) is 22.5 Å². The van der Waals surface area contributed by atoms with Crippen LogP contribution in [0.15, 0.2) is 163 Å². The number of hydrogen-bond acceptors (Lipinski definition) is 2. The molecular formula is C44H27N7. The quantitative estimate of drug-likeness (QED) is 0.187. The Morgan fingerprint density at radius 1 is 0.333 bits per heavy atom. The van der Waals surface area contributed by atoms with E-state index in [4.69, 9.17) is 26.0 Å². The van der Waals surface area contributed by atoms with Crippen LogP contribution in [-0.4, -0.2) is 32.5 Å². The lowest BCUT2D eigenvalue weighted by molar-refractivity contribution is 1.09. The molecule has 0 radical (unpaired) electrons. The molecule has 238 valence electrons. The van der Waals surface area contributed by atoms with Gasteiger partial charge in [-0.25, -0.2) is 9.97 Å². The summed E-state index contributed by atoms with van der Waals surface area (Å²) in [4.78, 5) is 9.01. The lowest BCUT2D eigenvalue weighted by Gasteiger charge is -2.12. The molecule has 0 bridgehead atoms. The van der Waals surface area contributed by atoms with Gasteiger partial charge < -0.3 is 4.57 Å². The molecule has 5 aromatic heterocycles. The number of nitrogens with zero attached hydrogens (tertiary/aromatic N) is 7. The van der Waals surface area contributed by atoms with Crippen LogP contribution in [0.3, 0.4) is 0 Å². The molecule has 7 nitrogen and oxygen atoms in total. The van der Waals surface area contributed by atoms with Crippen molar-refractivity contribution in [2.75, 3.05) is 0 Å². The third-order valence-electron chi connectivity index (χ3n) is 8.57. The van der Waals surface area contributed by atoms with E-state index < -0.39 is 252 Å². The average Bonchev–Trinajstić information content (AvgIpc) is 4.40. The Morgan fingerprint density at radius 2 is 0.784 bits per heavy atom. The highest BCUT2D eigenvalue weighted by Gasteiger charge is 2.21. The maximum Gasteiger partial charge on any atom is 0.220 e. The van der Waals surface area contributed by atoms with Crippen molar-refractivity contribution < 1.29 is 37.0 Å². The Morgan fingerprint density at radius 3 is 1.41 bits per heavy atom. The van der Waals surface area contributed by atoms with Crippen molar-refractivity contribution in [1.82, 2.24) is 32.5 Å². The summed E-state index contributed by atoms with van der Waals surface area (Å²) < 4.78 is 248. The number of aromatic nitrogens is 7. The van der Waals surface area contributed by atoms with Crippen LogP contribution in [0.4, 0.5) is 0 Å². The molecule has 7 heteroatoms.